The number of ether oxygens (including phenoxy) is 1. The Kier molecular flexibility index (Phi) is 6.07. The van der Waals surface area contributed by atoms with Crippen LogP contribution in [0.3, 0.4) is 0 Å². The Bertz CT molecular complexity index is 975. The maximum Gasteiger partial charge on any atom is 0.250 e. The highest BCUT2D eigenvalue weighted by molar-refractivity contribution is 5.95. The second-order valence-electron chi connectivity index (χ2n) is 11.7. The number of carbonyl (C=O) groups is 3. The molecule has 6 nitrogen and oxygen atoms in total. The van der Waals surface area contributed by atoms with Crippen molar-refractivity contribution in [2.45, 2.75) is 84.3 Å². The molecule has 2 amide bonds. The predicted octanol–water partition coefficient (Wildman–Crippen LogP) is 4.73. The van der Waals surface area contributed by atoms with E-state index in [1.807, 2.05) is 0 Å². The summed E-state index contributed by atoms with van der Waals surface area (Å²) in [5.41, 5.74) is 1.65. The highest BCUT2D eigenvalue weighted by atomic mass is 16.5. The number of Topliss-reactive ketones (excluding diaryl/α,β-unsaturated/α-hetero) is 1. The molecule has 1 aliphatic heterocycles. The van der Waals surface area contributed by atoms with Gasteiger partial charge in [0.15, 0.2) is 5.78 Å². The van der Waals surface area contributed by atoms with E-state index in [0.717, 1.165) is 25.7 Å². The topological polar surface area (TPSA) is 84.5 Å². The third-order valence-electron chi connectivity index (χ3n) is 10.00. The van der Waals surface area contributed by atoms with Crippen LogP contribution < -0.4 is 10.6 Å². The van der Waals surface area contributed by atoms with Gasteiger partial charge in [-0.1, -0.05) is 13.8 Å². The van der Waals surface area contributed by atoms with Crippen LogP contribution in [0.1, 0.15) is 82.5 Å². The van der Waals surface area contributed by atoms with Crippen LogP contribution in [0.4, 0.5) is 5.69 Å². The summed E-state index contributed by atoms with van der Waals surface area (Å²) in [5.74, 6) is 2.08. The Morgan fingerprint density at radius 3 is 2.47 bits per heavy atom. The number of hydrogen-bond acceptors (Lipinski definition) is 4. The lowest BCUT2D eigenvalue weighted by Gasteiger charge is -2.60. The first-order valence-electron chi connectivity index (χ1n) is 13.0. The third kappa shape index (κ3) is 3.98. The second kappa shape index (κ2) is 8.78. The summed E-state index contributed by atoms with van der Waals surface area (Å²) in [6.45, 7) is 6.40. The predicted molar refractivity (Wildman–Crippen MR) is 130 cm³/mol. The SMILES string of the molecule is CC(=O)c1ccc(NC(=O)CO[C@H]2CC[C@H]3[C@@H]4CC[C@H]5NC(=O)CC[C@]5(C)[C@H]4CC[C@]23C)cc1. The summed E-state index contributed by atoms with van der Waals surface area (Å²) in [7, 11) is 0. The first kappa shape index (κ1) is 23.5. The molecule has 0 unspecified atom stereocenters. The van der Waals surface area contributed by atoms with E-state index in [2.05, 4.69) is 24.5 Å². The fraction of sp³-hybridized carbons (Fsp3) is 0.679. The van der Waals surface area contributed by atoms with Crippen LogP contribution in [0.5, 0.6) is 0 Å². The fourth-order valence-electron chi connectivity index (χ4n) is 8.09. The van der Waals surface area contributed by atoms with Crippen LogP contribution in [-0.2, 0) is 14.3 Å². The number of amides is 2. The summed E-state index contributed by atoms with van der Waals surface area (Å²) in [6.07, 6.45) is 8.58. The Balaban J connectivity index is 1.20. The summed E-state index contributed by atoms with van der Waals surface area (Å²) >= 11 is 0. The quantitative estimate of drug-likeness (QED) is 0.614. The minimum absolute atomic E-state index is 0.00989. The number of fused-ring (bicyclic) bond motifs is 5. The third-order valence-corrected chi connectivity index (χ3v) is 10.00. The van der Waals surface area contributed by atoms with E-state index in [1.165, 1.54) is 26.2 Å². The van der Waals surface area contributed by atoms with Crippen molar-refractivity contribution < 1.29 is 19.1 Å². The van der Waals surface area contributed by atoms with Crippen LogP contribution in [0, 0.1) is 28.6 Å². The van der Waals surface area contributed by atoms with E-state index in [1.54, 1.807) is 24.3 Å². The van der Waals surface area contributed by atoms with Crippen molar-refractivity contribution in [3.63, 3.8) is 0 Å². The lowest BCUT2D eigenvalue weighted by molar-refractivity contribution is -0.143. The molecule has 3 aliphatic carbocycles. The molecule has 4 aliphatic rings. The van der Waals surface area contributed by atoms with Gasteiger partial charge in [0.1, 0.15) is 6.61 Å². The number of benzene rings is 1. The van der Waals surface area contributed by atoms with Gasteiger partial charge in [-0.3, -0.25) is 14.4 Å². The zero-order valence-electron chi connectivity index (χ0n) is 20.7. The fourth-order valence-corrected chi connectivity index (χ4v) is 8.09. The smallest absolute Gasteiger partial charge is 0.250 e. The molecule has 184 valence electrons. The van der Waals surface area contributed by atoms with Gasteiger partial charge < -0.3 is 15.4 Å². The van der Waals surface area contributed by atoms with Crippen LogP contribution in [0.25, 0.3) is 0 Å². The monoisotopic (exact) mass is 466 g/mol. The van der Waals surface area contributed by atoms with Crippen molar-refractivity contribution in [2.75, 3.05) is 11.9 Å². The minimum Gasteiger partial charge on any atom is -0.368 e. The molecule has 0 aromatic heterocycles. The average molecular weight is 467 g/mol. The zero-order chi connectivity index (χ0) is 24.1. The van der Waals surface area contributed by atoms with Crippen LogP contribution in [-0.4, -0.2) is 36.4 Å². The van der Waals surface area contributed by atoms with Gasteiger partial charge in [0.05, 0.1) is 6.10 Å². The number of ketones is 1. The van der Waals surface area contributed by atoms with Gasteiger partial charge >= 0.3 is 0 Å². The van der Waals surface area contributed by atoms with Crippen molar-refractivity contribution in [2.24, 2.45) is 28.6 Å². The molecule has 1 saturated heterocycles. The van der Waals surface area contributed by atoms with Gasteiger partial charge in [0.25, 0.3) is 0 Å². The molecule has 6 heteroatoms. The van der Waals surface area contributed by atoms with Gasteiger partial charge in [-0.05, 0) is 105 Å². The van der Waals surface area contributed by atoms with E-state index in [4.69, 9.17) is 4.74 Å². The Hall–Kier alpha value is -2.21. The first-order chi connectivity index (χ1) is 16.2. The summed E-state index contributed by atoms with van der Waals surface area (Å²) < 4.78 is 6.27. The largest absolute Gasteiger partial charge is 0.368 e. The highest BCUT2D eigenvalue weighted by Gasteiger charge is 2.60. The van der Waals surface area contributed by atoms with Gasteiger partial charge in [0, 0.05) is 23.7 Å². The molecular formula is C28H38N2O4. The Morgan fingerprint density at radius 2 is 1.74 bits per heavy atom. The van der Waals surface area contributed by atoms with Crippen LogP contribution >= 0.6 is 0 Å². The molecule has 0 spiro atoms. The molecule has 5 rings (SSSR count). The Labute approximate surface area is 202 Å². The molecule has 34 heavy (non-hydrogen) atoms. The number of anilines is 1. The normalized spacial score (nSPS) is 38.8. The van der Waals surface area contributed by atoms with Crippen molar-refractivity contribution >= 4 is 23.3 Å². The first-order valence-corrected chi connectivity index (χ1v) is 13.0. The number of carbonyl (C=O) groups excluding carboxylic acids is 3. The van der Waals surface area contributed by atoms with E-state index in [-0.39, 0.29) is 41.1 Å². The van der Waals surface area contributed by atoms with Gasteiger partial charge in [-0.25, -0.2) is 0 Å². The molecule has 1 aromatic carbocycles. The summed E-state index contributed by atoms with van der Waals surface area (Å²) in [5, 5.41) is 6.20. The van der Waals surface area contributed by atoms with E-state index < -0.39 is 0 Å². The van der Waals surface area contributed by atoms with Crippen molar-refractivity contribution in [1.29, 1.82) is 0 Å². The maximum atomic E-state index is 12.6. The van der Waals surface area contributed by atoms with Crippen LogP contribution in [0.2, 0.25) is 0 Å². The van der Waals surface area contributed by atoms with Crippen molar-refractivity contribution in [3.8, 4) is 0 Å². The maximum absolute atomic E-state index is 12.6. The number of rotatable bonds is 5. The summed E-state index contributed by atoms with van der Waals surface area (Å²) in [6, 6.07) is 7.31. The molecule has 4 fully saturated rings. The molecule has 3 saturated carbocycles. The van der Waals surface area contributed by atoms with Crippen molar-refractivity contribution in [1.82, 2.24) is 5.32 Å². The van der Waals surface area contributed by atoms with Crippen LogP contribution in [0.15, 0.2) is 24.3 Å². The molecule has 7 atom stereocenters. The van der Waals surface area contributed by atoms with Gasteiger partial charge in [0.2, 0.25) is 11.8 Å². The number of piperidine rings is 1. The molecule has 1 aromatic rings. The second-order valence-corrected chi connectivity index (χ2v) is 11.7. The Morgan fingerprint density at radius 1 is 1.00 bits per heavy atom. The van der Waals surface area contributed by atoms with Gasteiger partial charge in [-0.15, -0.1) is 0 Å². The molecule has 1 heterocycles. The van der Waals surface area contributed by atoms with E-state index in [0.29, 0.717) is 41.5 Å². The minimum atomic E-state index is -0.151. The van der Waals surface area contributed by atoms with Gasteiger partial charge in [-0.2, -0.15) is 0 Å². The molecule has 2 N–H and O–H groups in total. The lowest BCUT2D eigenvalue weighted by atomic mass is 9.47. The standard InChI is InChI=1S/C28H38N2O4/c1-17(31)18-4-6-19(7-5-18)29-26(33)16-34-24-11-9-21-20-8-10-23-27(2,15-13-25(32)30-23)22(20)12-14-28(21,24)3/h4-7,20-24H,8-16H2,1-3H3,(H,29,33)(H,30,32)/t20-,21-,22-,23+,24-,27+,28-/m0/s1. The zero-order valence-corrected chi connectivity index (χ0v) is 20.7. The summed E-state index contributed by atoms with van der Waals surface area (Å²) in [4.78, 5) is 36.0. The molecule has 0 bridgehead atoms. The van der Waals surface area contributed by atoms with Crippen molar-refractivity contribution in [3.05, 3.63) is 29.8 Å². The highest BCUT2D eigenvalue weighted by Crippen LogP contribution is 2.64. The average Bonchev–Trinajstić information content (AvgIpc) is 3.15. The number of nitrogens with one attached hydrogen (secondary N) is 2. The van der Waals surface area contributed by atoms with E-state index >= 15 is 0 Å². The molecular weight excluding hydrogens is 428 g/mol. The lowest BCUT2D eigenvalue weighted by Crippen LogP contribution is -2.61. The molecule has 0 radical (unpaired) electrons. The number of hydrogen-bond donors (Lipinski definition) is 2. The van der Waals surface area contributed by atoms with E-state index in [9.17, 15) is 14.4 Å².